The van der Waals surface area contributed by atoms with Crippen LogP contribution < -0.4 is 54.2 Å². The zero-order valence-corrected chi connectivity index (χ0v) is 38.5. The zero-order chi connectivity index (χ0) is 49.2. The van der Waals surface area contributed by atoms with Crippen LogP contribution in [0.5, 0.6) is 0 Å². The summed E-state index contributed by atoms with van der Waals surface area (Å²) < 4.78 is 0. The number of nitrogens with zero attached hydrogens (tertiary/aromatic N) is 2. The molecule has 4 atom stereocenters. The number of nitrogens with one attached hydrogen (secondary N) is 7. The van der Waals surface area contributed by atoms with Gasteiger partial charge in [0.2, 0.25) is 41.4 Å². The smallest absolute Gasteiger partial charge is 0.246 e. The molecule has 7 amide bonds. The molecule has 68 heavy (non-hydrogen) atoms. The summed E-state index contributed by atoms with van der Waals surface area (Å²) in [6.45, 7) is 4.54. The molecule has 3 aromatic carbocycles. The van der Waals surface area contributed by atoms with Crippen molar-refractivity contribution in [2.75, 3.05) is 24.5 Å². The van der Waals surface area contributed by atoms with Crippen LogP contribution in [0, 0.1) is 6.92 Å². The molecule has 1 aromatic heterocycles. The number of benzene rings is 3. The Balaban J connectivity index is 1.45. The molecular weight excluding hydrogens is 873 g/mol. The minimum absolute atomic E-state index is 0.0144. The van der Waals surface area contributed by atoms with Crippen molar-refractivity contribution >= 4 is 63.9 Å². The molecule has 1 saturated heterocycles. The van der Waals surface area contributed by atoms with Gasteiger partial charge in [0.15, 0.2) is 5.96 Å². The minimum Gasteiger partial charge on any atom is -0.371 e. The van der Waals surface area contributed by atoms with Crippen molar-refractivity contribution in [3.05, 3.63) is 102 Å². The number of carbonyl (C=O) groups is 7. The molecule has 5 rings (SSSR count). The highest BCUT2D eigenvalue weighted by Gasteiger charge is 2.45. The van der Waals surface area contributed by atoms with Crippen LogP contribution in [-0.4, -0.2) is 107 Å². The van der Waals surface area contributed by atoms with Crippen molar-refractivity contribution in [3.63, 3.8) is 0 Å². The van der Waals surface area contributed by atoms with Crippen LogP contribution in [0.25, 0.3) is 10.9 Å². The molecule has 1 aliphatic heterocycles. The Bertz CT molecular complexity index is 2410. The number of fused-ring (bicyclic) bond motifs is 1. The highest BCUT2D eigenvalue weighted by atomic mass is 16.5. The van der Waals surface area contributed by atoms with Gasteiger partial charge in [0, 0.05) is 61.7 Å². The first-order valence-corrected chi connectivity index (χ1v) is 22.8. The second kappa shape index (κ2) is 24.9. The summed E-state index contributed by atoms with van der Waals surface area (Å²) in [6, 6.07) is 18.9. The maximum Gasteiger partial charge on any atom is 0.246 e. The van der Waals surface area contributed by atoms with Gasteiger partial charge in [0.05, 0.1) is 6.42 Å². The lowest BCUT2D eigenvalue weighted by molar-refractivity contribution is -0.140. The topological polar surface area (TPSA) is 321 Å². The molecule has 0 unspecified atom stereocenters. The van der Waals surface area contributed by atoms with E-state index in [1.165, 1.54) is 5.48 Å². The molecule has 0 aliphatic carbocycles. The van der Waals surface area contributed by atoms with E-state index in [0.717, 1.165) is 27.7 Å². The van der Waals surface area contributed by atoms with Crippen molar-refractivity contribution in [1.29, 1.82) is 0 Å². The number of hydrogen-bond donors (Lipinski definition) is 11. The molecule has 20 nitrogen and oxygen atoms in total. The number of aryl methyl sites for hydroxylation is 1. The van der Waals surface area contributed by atoms with E-state index >= 15 is 0 Å². The number of aromatic amines is 1. The summed E-state index contributed by atoms with van der Waals surface area (Å²) >= 11 is 0. The SMILES string of the molecule is CCCCC(=O)N[C@@H](CC(=O)NO)C(=O)NC1(C(=O)N[C@H](Cc2ccccc2)C(=O)N[C@@H](CCCN=C(N)N)C(=O)N[C@@H](Cc2c[nH]c3ccccc23)C(N)=O)CCN(c2cccc(C)c2)CC1. The number of unbranched alkanes of at least 4 members (excludes halogenated alkanes) is 1. The second-order valence-electron chi connectivity index (χ2n) is 17.1. The fourth-order valence-electron chi connectivity index (χ4n) is 8.16. The van der Waals surface area contributed by atoms with E-state index in [-0.39, 0.29) is 70.5 Å². The van der Waals surface area contributed by atoms with Crippen molar-refractivity contribution in [3.8, 4) is 0 Å². The highest BCUT2D eigenvalue weighted by Crippen LogP contribution is 2.28. The average Bonchev–Trinajstić information content (AvgIpc) is 3.73. The van der Waals surface area contributed by atoms with Gasteiger partial charge in [-0.05, 0) is 73.9 Å². The quantitative estimate of drug-likeness (QED) is 0.0155. The van der Waals surface area contributed by atoms with Crippen molar-refractivity contribution in [2.45, 2.75) is 108 Å². The van der Waals surface area contributed by atoms with Gasteiger partial charge < -0.3 is 53.7 Å². The lowest BCUT2D eigenvalue weighted by atomic mass is 9.85. The zero-order valence-electron chi connectivity index (χ0n) is 38.5. The molecule has 0 bridgehead atoms. The number of aromatic nitrogens is 1. The van der Waals surface area contributed by atoms with Crippen molar-refractivity contribution in [2.24, 2.45) is 22.2 Å². The van der Waals surface area contributed by atoms with Gasteiger partial charge in [0.1, 0.15) is 29.7 Å². The number of guanidine groups is 1. The molecule has 0 radical (unpaired) electrons. The van der Waals surface area contributed by atoms with E-state index in [0.29, 0.717) is 18.4 Å². The van der Waals surface area contributed by atoms with Gasteiger partial charge in [-0.15, -0.1) is 0 Å². The van der Waals surface area contributed by atoms with E-state index in [9.17, 15) is 38.8 Å². The van der Waals surface area contributed by atoms with Gasteiger partial charge in [-0.3, -0.25) is 43.8 Å². The molecule has 364 valence electrons. The molecule has 1 aliphatic rings. The molecule has 0 saturated carbocycles. The Labute approximate surface area is 395 Å². The summed E-state index contributed by atoms with van der Waals surface area (Å²) in [7, 11) is 0. The normalized spacial score (nSPS) is 14.8. The number of carbonyl (C=O) groups excluding carboxylic acids is 7. The molecular formula is C48H64N12O8. The van der Waals surface area contributed by atoms with E-state index in [1.54, 1.807) is 36.5 Å². The number of nitrogens with two attached hydrogens (primary N) is 3. The summed E-state index contributed by atoms with van der Waals surface area (Å²) in [4.78, 5) is 105. The molecule has 14 N–H and O–H groups in total. The lowest BCUT2D eigenvalue weighted by Gasteiger charge is -2.43. The van der Waals surface area contributed by atoms with E-state index in [2.05, 4.69) is 41.5 Å². The van der Waals surface area contributed by atoms with Crippen LogP contribution in [0.4, 0.5) is 5.69 Å². The number of para-hydroxylation sites is 1. The van der Waals surface area contributed by atoms with E-state index in [4.69, 9.17) is 17.2 Å². The van der Waals surface area contributed by atoms with Gasteiger partial charge in [-0.2, -0.15) is 0 Å². The van der Waals surface area contributed by atoms with E-state index < -0.39 is 77.5 Å². The fraction of sp³-hybridized carbons (Fsp3) is 0.417. The second-order valence-corrected chi connectivity index (χ2v) is 17.1. The number of anilines is 1. The van der Waals surface area contributed by atoms with E-state index in [1.807, 2.05) is 62.4 Å². The third kappa shape index (κ3) is 14.8. The minimum atomic E-state index is -1.68. The maximum absolute atomic E-state index is 15.0. The summed E-state index contributed by atoms with van der Waals surface area (Å²) in [6.07, 6.45) is 2.74. The Morgan fingerprint density at radius 1 is 0.765 bits per heavy atom. The van der Waals surface area contributed by atoms with Gasteiger partial charge in [0.25, 0.3) is 0 Å². The number of piperidine rings is 1. The van der Waals surface area contributed by atoms with Crippen LogP contribution in [0.15, 0.2) is 90.1 Å². The summed E-state index contributed by atoms with van der Waals surface area (Å²) in [5.41, 5.74) is 20.9. The third-order valence-corrected chi connectivity index (χ3v) is 11.9. The summed E-state index contributed by atoms with van der Waals surface area (Å²) in [5, 5.41) is 24.0. The molecule has 4 aromatic rings. The standard InChI is InChI=1S/C48H64N12O8/c1-3-4-19-40(61)54-39(28-41(62)59-68)45(66)58-48(20-23-60(24-21-48)33-15-10-12-30(2)25-33)46(67)57-38(26-31-13-6-5-7-14-31)44(65)55-36(18-11-22-52-47(50)51)43(64)56-37(42(49)63)27-32-29-53-35-17-9-8-16-34(32)35/h5-10,12-17,25,29,36-39,53,68H,3-4,11,18-24,26-28H2,1-2H3,(H2,49,63)(H,54,61)(H,55,65)(H,56,64)(H,57,67)(H,58,66)(H,59,62)(H4,50,51,52)/t36-,37-,38+,39-/m0/s1. The van der Waals surface area contributed by atoms with Crippen LogP contribution >= 0.6 is 0 Å². The number of hydrogen-bond acceptors (Lipinski definition) is 10. The molecule has 20 heteroatoms. The Morgan fingerprint density at radius 2 is 1.46 bits per heavy atom. The number of amides is 7. The average molecular weight is 937 g/mol. The van der Waals surface area contributed by atoms with Gasteiger partial charge >= 0.3 is 0 Å². The van der Waals surface area contributed by atoms with Crippen LogP contribution in [0.1, 0.15) is 75.0 Å². The number of aliphatic imine (C=N–C) groups is 1. The molecule has 2 heterocycles. The first-order valence-electron chi connectivity index (χ1n) is 22.8. The van der Waals surface area contributed by atoms with Crippen molar-refractivity contribution < 1.29 is 38.8 Å². The third-order valence-electron chi connectivity index (χ3n) is 11.9. The number of H-pyrrole nitrogens is 1. The van der Waals surface area contributed by atoms with Crippen molar-refractivity contribution in [1.82, 2.24) is 37.0 Å². The Morgan fingerprint density at radius 3 is 2.13 bits per heavy atom. The maximum atomic E-state index is 15.0. The largest absolute Gasteiger partial charge is 0.371 e. The van der Waals surface area contributed by atoms with Gasteiger partial charge in [-0.1, -0.05) is 74.0 Å². The Kier molecular flexibility index (Phi) is 18.8. The van der Waals surface area contributed by atoms with Crippen LogP contribution in [-0.2, 0) is 46.4 Å². The number of hydroxylamine groups is 1. The monoisotopic (exact) mass is 936 g/mol. The molecule has 1 fully saturated rings. The Hall–Kier alpha value is -7.48. The summed E-state index contributed by atoms with van der Waals surface area (Å²) in [5.74, 6) is -5.46. The van der Waals surface area contributed by atoms with Crippen LogP contribution in [0.3, 0.4) is 0 Å². The predicted molar refractivity (Wildman–Crippen MR) is 257 cm³/mol. The number of primary amides is 1. The first-order chi connectivity index (χ1) is 32.6. The van der Waals surface area contributed by atoms with Crippen LogP contribution in [0.2, 0.25) is 0 Å². The highest BCUT2D eigenvalue weighted by molar-refractivity contribution is 5.99. The fourth-order valence-corrected chi connectivity index (χ4v) is 8.16. The first kappa shape index (κ1) is 51.5. The van der Waals surface area contributed by atoms with Gasteiger partial charge in [-0.25, -0.2) is 5.48 Å². The lowest BCUT2D eigenvalue weighted by Crippen LogP contribution is -2.68. The number of rotatable bonds is 24. The molecule has 0 spiro atoms. The predicted octanol–water partition coefficient (Wildman–Crippen LogP) is 0.981.